The Kier molecular flexibility index (Phi) is 5.93. The number of hydrogen-bond donors (Lipinski definition) is 2. The quantitative estimate of drug-likeness (QED) is 0.827. The molecule has 0 heterocycles. The van der Waals surface area contributed by atoms with Gasteiger partial charge in [0, 0.05) is 11.1 Å². The minimum atomic E-state index is -0.196. The van der Waals surface area contributed by atoms with Crippen LogP contribution in [-0.4, -0.2) is 26.7 Å². The molecule has 2 rings (SSSR count). The van der Waals surface area contributed by atoms with Crippen molar-refractivity contribution in [1.29, 1.82) is 0 Å². The third-order valence-electron chi connectivity index (χ3n) is 3.55. The summed E-state index contributed by atoms with van der Waals surface area (Å²) < 4.78 is 10.5. The Balaban J connectivity index is 2.07. The summed E-state index contributed by atoms with van der Waals surface area (Å²) in [6.45, 7) is 3.95. The van der Waals surface area contributed by atoms with Crippen LogP contribution >= 0.6 is 11.6 Å². The van der Waals surface area contributed by atoms with Gasteiger partial charge < -0.3 is 20.1 Å². The van der Waals surface area contributed by atoms with Gasteiger partial charge in [-0.15, -0.1) is 0 Å². The number of anilines is 2. The van der Waals surface area contributed by atoms with E-state index in [0.29, 0.717) is 22.2 Å². The molecular weight excluding hydrogens is 328 g/mol. The normalized spacial score (nSPS) is 10.2. The van der Waals surface area contributed by atoms with Gasteiger partial charge in [0.1, 0.15) is 11.5 Å². The van der Waals surface area contributed by atoms with Crippen LogP contribution in [-0.2, 0) is 4.79 Å². The lowest BCUT2D eigenvalue weighted by Gasteiger charge is -2.14. The lowest BCUT2D eigenvalue weighted by Crippen LogP contribution is -2.22. The summed E-state index contributed by atoms with van der Waals surface area (Å²) in [5, 5.41) is 6.50. The smallest absolute Gasteiger partial charge is 0.243 e. The van der Waals surface area contributed by atoms with Gasteiger partial charge in [0.05, 0.1) is 32.1 Å². The number of rotatable bonds is 6. The van der Waals surface area contributed by atoms with E-state index >= 15 is 0 Å². The number of carbonyl (C=O) groups is 1. The molecule has 0 fully saturated rings. The maximum atomic E-state index is 12.2. The van der Waals surface area contributed by atoms with Gasteiger partial charge in [-0.1, -0.05) is 17.7 Å². The number of carbonyl (C=O) groups excluding carboxylic acids is 1. The van der Waals surface area contributed by atoms with E-state index in [0.717, 1.165) is 16.8 Å². The number of methoxy groups -OCH3 is 2. The number of benzene rings is 2. The second kappa shape index (κ2) is 7.93. The fourth-order valence-electron chi connectivity index (χ4n) is 2.26. The predicted octanol–water partition coefficient (Wildman–Crippen LogP) is 4.02. The second-order valence-corrected chi connectivity index (χ2v) is 5.81. The van der Waals surface area contributed by atoms with Crippen LogP contribution < -0.4 is 20.1 Å². The Morgan fingerprint density at radius 3 is 2.42 bits per heavy atom. The van der Waals surface area contributed by atoms with Crippen LogP contribution in [0.25, 0.3) is 0 Å². The van der Waals surface area contributed by atoms with Crippen molar-refractivity contribution in [2.75, 3.05) is 31.4 Å². The highest BCUT2D eigenvalue weighted by molar-refractivity contribution is 6.31. The minimum Gasteiger partial charge on any atom is -0.495 e. The molecule has 0 aromatic heterocycles. The zero-order chi connectivity index (χ0) is 17.7. The molecule has 24 heavy (non-hydrogen) atoms. The molecule has 5 nitrogen and oxygen atoms in total. The van der Waals surface area contributed by atoms with Crippen molar-refractivity contribution in [2.24, 2.45) is 0 Å². The van der Waals surface area contributed by atoms with Crippen molar-refractivity contribution in [2.45, 2.75) is 13.8 Å². The first-order valence-electron chi connectivity index (χ1n) is 7.47. The Morgan fingerprint density at radius 1 is 1.04 bits per heavy atom. The van der Waals surface area contributed by atoms with E-state index in [2.05, 4.69) is 10.6 Å². The summed E-state index contributed by atoms with van der Waals surface area (Å²) in [6.07, 6.45) is 0. The fraction of sp³-hybridized carbons (Fsp3) is 0.278. The van der Waals surface area contributed by atoms with Gasteiger partial charge in [-0.25, -0.2) is 0 Å². The lowest BCUT2D eigenvalue weighted by molar-refractivity contribution is -0.114. The molecule has 0 saturated carbocycles. The molecular formula is C18H21ClN2O3. The molecule has 0 radical (unpaired) electrons. The molecule has 0 spiro atoms. The Labute approximate surface area is 146 Å². The Bertz CT molecular complexity index is 747. The van der Waals surface area contributed by atoms with Crippen LogP contribution in [0.2, 0.25) is 5.02 Å². The highest BCUT2D eigenvalue weighted by atomic mass is 35.5. The van der Waals surface area contributed by atoms with E-state index in [1.54, 1.807) is 19.2 Å². The monoisotopic (exact) mass is 348 g/mol. The van der Waals surface area contributed by atoms with E-state index < -0.39 is 0 Å². The first-order chi connectivity index (χ1) is 11.4. The number of ether oxygens (including phenoxy) is 2. The topological polar surface area (TPSA) is 59.6 Å². The molecule has 2 aromatic rings. The van der Waals surface area contributed by atoms with Crippen molar-refractivity contribution >= 4 is 28.9 Å². The van der Waals surface area contributed by atoms with Gasteiger partial charge in [-0.2, -0.15) is 0 Å². The largest absolute Gasteiger partial charge is 0.495 e. The molecule has 1 amide bonds. The first-order valence-corrected chi connectivity index (χ1v) is 7.85. The minimum absolute atomic E-state index is 0.102. The number of amides is 1. The van der Waals surface area contributed by atoms with Gasteiger partial charge in [0.25, 0.3) is 0 Å². The zero-order valence-electron chi connectivity index (χ0n) is 14.2. The van der Waals surface area contributed by atoms with Gasteiger partial charge in [0.15, 0.2) is 0 Å². The van der Waals surface area contributed by atoms with E-state index in [4.69, 9.17) is 21.1 Å². The van der Waals surface area contributed by atoms with Crippen LogP contribution in [0.5, 0.6) is 11.5 Å². The number of nitrogens with one attached hydrogen (secondary N) is 2. The van der Waals surface area contributed by atoms with Crippen molar-refractivity contribution in [3.8, 4) is 11.5 Å². The second-order valence-electron chi connectivity index (χ2n) is 5.41. The predicted molar refractivity (Wildman–Crippen MR) is 97.6 cm³/mol. The van der Waals surface area contributed by atoms with Gasteiger partial charge in [-0.3, -0.25) is 4.79 Å². The molecule has 0 aliphatic heterocycles. The number of halogens is 1. The van der Waals surface area contributed by atoms with E-state index in [9.17, 15) is 4.79 Å². The van der Waals surface area contributed by atoms with Crippen LogP contribution in [0.15, 0.2) is 30.3 Å². The molecule has 0 saturated heterocycles. The number of aryl methyl sites for hydroxylation is 2. The maximum Gasteiger partial charge on any atom is 0.243 e. The molecule has 0 aliphatic carbocycles. The van der Waals surface area contributed by atoms with Crippen LogP contribution in [0, 0.1) is 13.8 Å². The lowest BCUT2D eigenvalue weighted by atomic mass is 10.2. The molecule has 0 bridgehead atoms. The third-order valence-corrected chi connectivity index (χ3v) is 3.96. The summed E-state index contributed by atoms with van der Waals surface area (Å²) >= 11 is 6.07. The zero-order valence-corrected chi connectivity index (χ0v) is 15.0. The summed E-state index contributed by atoms with van der Waals surface area (Å²) in [7, 11) is 3.13. The molecule has 0 unspecified atom stereocenters. The highest BCUT2D eigenvalue weighted by Crippen LogP contribution is 2.31. The van der Waals surface area contributed by atoms with E-state index in [1.807, 2.05) is 32.0 Å². The SMILES string of the molecule is COc1ccc(C)cc1NCC(=O)Nc1cc(C)c(Cl)cc1OC. The van der Waals surface area contributed by atoms with Crippen LogP contribution in [0.3, 0.4) is 0 Å². The highest BCUT2D eigenvalue weighted by Gasteiger charge is 2.11. The first kappa shape index (κ1) is 17.9. The van der Waals surface area contributed by atoms with Crippen molar-refractivity contribution < 1.29 is 14.3 Å². The molecule has 6 heteroatoms. The molecule has 2 aromatic carbocycles. The molecule has 128 valence electrons. The molecule has 0 aliphatic rings. The fourth-order valence-corrected chi connectivity index (χ4v) is 2.41. The van der Waals surface area contributed by atoms with E-state index in [-0.39, 0.29) is 12.5 Å². The van der Waals surface area contributed by atoms with Crippen LogP contribution in [0.1, 0.15) is 11.1 Å². The summed E-state index contributed by atoms with van der Waals surface area (Å²) in [5.41, 5.74) is 3.30. The van der Waals surface area contributed by atoms with Crippen LogP contribution in [0.4, 0.5) is 11.4 Å². The average Bonchev–Trinajstić information content (AvgIpc) is 2.56. The van der Waals surface area contributed by atoms with Gasteiger partial charge in [0.2, 0.25) is 5.91 Å². The third kappa shape index (κ3) is 4.32. The Hall–Kier alpha value is -2.40. The Morgan fingerprint density at radius 2 is 1.75 bits per heavy atom. The number of hydrogen-bond acceptors (Lipinski definition) is 4. The summed E-state index contributed by atoms with van der Waals surface area (Å²) in [5.74, 6) is 1.01. The van der Waals surface area contributed by atoms with Crippen molar-refractivity contribution in [1.82, 2.24) is 0 Å². The molecule has 2 N–H and O–H groups in total. The van der Waals surface area contributed by atoms with E-state index in [1.165, 1.54) is 7.11 Å². The maximum absolute atomic E-state index is 12.2. The molecule has 0 atom stereocenters. The van der Waals surface area contributed by atoms with Crippen molar-refractivity contribution in [3.63, 3.8) is 0 Å². The standard InChI is InChI=1S/C18H21ClN2O3/c1-11-5-6-16(23-3)14(7-11)20-10-18(22)21-15-8-12(2)13(19)9-17(15)24-4/h5-9,20H,10H2,1-4H3,(H,21,22). The average molecular weight is 349 g/mol. The summed E-state index contributed by atoms with van der Waals surface area (Å²) in [6, 6.07) is 9.21. The summed E-state index contributed by atoms with van der Waals surface area (Å²) in [4.78, 5) is 12.2. The van der Waals surface area contributed by atoms with Crippen molar-refractivity contribution in [3.05, 3.63) is 46.5 Å². The van der Waals surface area contributed by atoms with Gasteiger partial charge >= 0.3 is 0 Å². The van der Waals surface area contributed by atoms with Gasteiger partial charge in [-0.05, 0) is 43.2 Å².